The smallest absolute Gasteiger partial charge is 0.462 e. The summed E-state index contributed by atoms with van der Waals surface area (Å²) in [6, 6.07) is 1.24. The number of rotatable bonds is 40. The number of phosphoric acid groups is 2. The lowest BCUT2D eigenvalue weighted by molar-refractivity contribution is -0.161. The zero-order valence-corrected chi connectivity index (χ0v) is 42.5. The van der Waals surface area contributed by atoms with Crippen molar-refractivity contribution in [2.45, 2.75) is 198 Å². The molecule has 0 aliphatic carbocycles. The van der Waals surface area contributed by atoms with Crippen LogP contribution in [0, 0.1) is 0 Å². The number of esters is 2. The van der Waals surface area contributed by atoms with Gasteiger partial charge < -0.3 is 45.1 Å². The Morgan fingerprint density at radius 1 is 0.783 bits per heavy atom. The van der Waals surface area contributed by atoms with E-state index >= 15 is 0 Å². The van der Waals surface area contributed by atoms with Gasteiger partial charge in [-0.1, -0.05) is 140 Å². The van der Waals surface area contributed by atoms with Gasteiger partial charge in [0.05, 0.1) is 19.3 Å². The Balaban J connectivity index is 1.84. The molecule has 2 heterocycles. The molecule has 1 aromatic rings. The van der Waals surface area contributed by atoms with E-state index < -0.39 is 89.8 Å². The van der Waals surface area contributed by atoms with Crippen LogP contribution in [0.4, 0.5) is 5.82 Å². The Labute approximate surface area is 408 Å². The Morgan fingerprint density at radius 3 is 2.04 bits per heavy atom. The minimum Gasteiger partial charge on any atom is -0.462 e. The van der Waals surface area contributed by atoms with Crippen LogP contribution in [0.3, 0.4) is 0 Å². The maximum atomic E-state index is 12.8. The predicted octanol–water partition coefficient (Wildman–Crippen LogP) is 8.75. The minimum absolute atomic E-state index is 0.0188. The molecule has 1 fully saturated rings. The topological polar surface area (TPSA) is 286 Å². The third-order valence-electron chi connectivity index (χ3n) is 11.0. The van der Waals surface area contributed by atoms with Gasteiger partial charge >= 0.3 is 33.3 Å². The Bertz CT molecular complexity index is 1860. The summed E-state index contributed by atoms with van der Waals surface area (Å²) in [5.41, 5.74) is 4.57. The van der Waals surface area contributed by atoms with E-state index in [-0.39, 0.29) is 18.7 Å². The molecule has 0 spiro atoms. The molecule has 19 nitrogen and oxygen atoms in total. The summed E-state index contributed by atoms with van der Waals surface area (Å²) in [4.78, 5) is 61.8. The number of nitrogens with zero attached hydrogens (tertiary/aromatic N) is 2. The van der Waals surface area contributed by atoms with Crippen molar-refractivity contribution in [1.29, 1.82) is 0 Å². The molecule has 2 rings (SSSR count). The zero-order chi connectivity index (χ0) is 50.8. The lowest BCUT2D eigenvalue weighted by Gasteiger charge is -2.21. The highest BCUT2D eigenvalue weighted by Crippen LogP contribution is 2.60. The molecule has 0 radical (unpaired) electrons. The second kappa shape index (κ2) is 36.6. The molecule has 69 heavy (non-hydrogen) atoms. The van der Waals surface area contributed by atoms with Crippen molar-refractivity contribution >= 4 is 33.4 Å². The molecule has 0 aromatic carbocycles. The molecule has 0 amide bonds. The first-order valence-corrected chi connectivity index (χ1v) is 27.7. The summed E-state index contributed by atoms with van der Waals surface area (Å²) >= 11 is 0. The molecule has 7 N–H and O–H groups in total. The summed E-state index contributed by atoms with van der Waals surface area (Å²) in [5.74, 6) is -1.39. The maximum Gasteiger partial charge on any atom is 0.481 e. The van der Waals surface area contributed by atoms with Gasteiger partial charge in [-0.25, -0.2) is 13.9 Å². The van der Waals surface area contributed by atoms with Crippen LogP contribution in [0.1, 0.15) is 168 Å². The van der Waals surface area contributed by atoms with E-state index in [4.69, 9.17) is 29.0 Å². The second-order valence-electron chi connectivity index (χ2n) is 17.1. The van der Waals surface area contributed by atoms with Gasteiger partial charge in [-0.05, 0) is 63.9 Å². The van der Waals surface area contributed by atoms with Gasteiger partial charge in [-0.2, -0.15) is 9.29 Å². The number of nitrogen functional groups attached to an aromatic ring is 1. The van der Waals surface area contributed by atoms with E-state index in [2.05, 4.69) is 47.4 Å². The normalized spacial score (nSPS) is 20.2. The number of nitrogens with two attached hydrogens (primary N) is 1. The van der Waals surface area contributed by atoms with Crippen LogP contribution in [-0.4, -0.2) is 96.9 Å². The van der Waals surface area contributed by atoms with Gasteiger partial charge in [-0.3, -0.25) is 23.2 Å². The summed E-state index contributed by atoms with van der Waals surface area (Å²) in [6.45, 7) is 1.91. The summed E-state index contributed by atoms with van der Waals surface area (Å²) in [6.07, 6.45) is 29.3. The second-order valence-corrected chi connectivity index (χ2v) is 20.2. The van der Waals surface area contributed by atoms with Crippen molar-refractivity contribution < 1.29 is 71.4 Å². The van der Waals surface area contributed by atoms with Crippen LogP contribution in [0.5, 0.6) is 0 Å². The number of aliphatic hydroxyl groups is 3. The van der Waals surface area contributed by atoms with Crippen LogP contribution >= 0.6 is 15.6 Å². The predicted molar refractivity (Wildman–Crippen MR) is 262 cm³/mol. The van der Waals surface area contributed by atoms with Gasteiger partial charge in [0.15, 0.2) is 12.3 Å². The maximum absolute atomic E-state index is 12.8. The van der Waals surface area contributed by atoms with Crippen molar-refractivity contribution in [3.05, 3.63) is 71.4 Å². The van der Waals surface area contributed by atoms with Gasteiger partial charge in [0, 0.05) is 19.0 Å². The molecule has 8 atom stereocenters. The molecule has 1 saturated heterocycles. The Morgan fingerprint density at radius 2 is 1.39 bits per heavy atom. The molecule has 0 bridgehead atoms. The number of aromatic nitrogens is 2. The highest BCUT2D eigenvalue weighted by atomic mass is 31.3. The van der Waals surface area contributed by atoms with E-state index in [1.54, 1.807) is 6.08 Å². The van der Waals surface area contributed by atoms with Crippen molar-refractivity contribution in [1.82, 2.24) is 9.55 Å². The first kappa shape index (κ1) is 61.8. The number of hydrogen-bond donors (Lipinski definition) is 6. The summed E-state index contributed by atoms with van der Waals surface area (Å²) < 4.78 is 56.7. The van der Waals surface area contributed by atoms with Gasteiger partial charge in [0.25, 0.3) is 0 Å². The average Bonchev–Trinajstić information content (AvgIpc) is 3.58. The van der Waals surface area contributed by atoms with Crippen LogP contribution in [0.2, 0.25) is 0 Å². The highest BCUT2D eigenvalue weighted by molar-refractivity contribution is 7.61. The number of allylic oxidation sites excluding steroid dienone is 7. The van der Waals surface area contributed by atoms with E-state index in [9.17, 15) is 48.6 Å². The zero-order valence-electron chi connectivity index (χ0n) is 40.7. The fraction of sp³-hybridized carbons (Fsp3) is 0.708. The quantitative estimate of drug-likeness (QED) is 0.0118. The van der Waals surface area contributed by atoms with Crippen molar-refractivity contribution in [2.24, 2.45) is 0 Å². The molecular formula is C48H81N3O16P2. The van der Waals surface area contributed by atoms with E-state index in [0.29, 0.717) is 19.3 Å². The molecule has 1 aliphatic rings. The number of carbonyl (C=O) groups is 2. The first-order valence-electron chi connectivity index (χ1n) is 24.8. The third kappa shape index (κ3) is 29.6. The van der Waals surface area contributed by atoms with Gasteiger partial charge in [-0.15, -0.1) is 0 Å². The number of phosphoric ester groups is 2. The van der Waals surface area contributed by atoms with Crippen molar-refractivity contribution in [3.63, 3.8) is 0 Å². The Hall–Kier alpha value is -3.32. The molecule has 21 heteroatoms. The molecular weight excluding hydrogens is 936 g/mol. The standard InChI is InChI=1S/C48H81N3O16P2/c1-3-5-7-9-11-12-13-14-15-16-17-18-20-24-29-33-44(54)65-40(36-62-43(53)32-28-25-21-23-27-31-39(52)30-26-22-19-10-8-6-4-2)37-63-68(58,59)67-69(60,61)64-38-41-45(55)46(56)47(66-41)51-35-34-42(49)50-48(51)57/h6,8,14-15,19,22,26,30,34-35,39-41,45-47,52,55-56H,3-5,7,9-13,16-18,20-21,23-25,27-29,31-33,36-38H2,1-2H3,(H,58,59)(H,60,61)(H2,49,50,57)/b8-6+,15-14-,22-19+,30-26+/t39?,40-,41-,45-,46-,47-/m1/s1. The van der Waals surface area contributed by atoms with E-state index in [1.165, 1.54) is 44.6 Å². The van der Waals surface area contributed by atoms with Crippen LogP contribution in [0.25, 0.3) is 0 Å². The van der Waals surface area contributed by atoms with Crippen LogP contribution < -0.4 is 11.4 Å². The molecule has 1 aliphatic heterocycles. The third-order valence-corrected chi connectivity index (χ3v) is 13.6. The lowest BCUT2D eigenvalue weighted by Crippen LogP contribution is -2.36. The van der Waals surface area contributed by atoms with Crippen LogP contribution in [0.15, 0.2) is 65.7 Å². The van der Waals surface area contributed by atoms with Gasteiger partial charge in [0.1, 0.15) is 30.7 Å². The fourth-order valence-corrected chi connectivity index (χ4v) is 9.25. The summed E-state index contributed by atoms with van der Waals surface area (Å²) in [7, 11) is -10.9. The molecule has 394 valence electrons. The molecule has 1 aromatic heterocycles. The first-order chi connectivity index (χ1) is 33.1. The number of carbonyl (C=O) groups excluding carboxylic acids is 2. The number of ether oxygens (including phenoxy) is 3. The van der Waals surface area contributed by atoms with Gasteiger partial charge in [0.2, 0.25) is 0 Å². The lowest BCUT2D eigenvalue weighted by atomic mass is 10.1. The van der Waals surface area contributed by atoms with Crippen molar-refractivity contribution in [2.75, 3.05) is 25.6 Å². The fourth-order valence-electron chi connectivity index (χ4n) is 7.14. The minimum atomic E-state index is -5.44. The number of hydrogen-bond acceptors (Lipinski definition) is 16. The Kier molecular flexibility index (Phi) is 32.8. The van der Waals surface area contributed by atoms with E-state index in [0.717, 1.165) is 87.8 Å². The number of anilines is 1. The van der Waals surface area contributed by atoms with E-state index in [1.807, 2.05) is 18.2 Å². The largest absolute Gasteiger partial charge is 0.481 e. The number of unbranched alkanes of at least 4 members (excludes halogenated alkanes) is 15. The molecule has 0 saturated carbocycles. The van der Waals surface area contributed by atoms with Crippen molar-refractivity contribution in [3.8, 4) is 0 Å². The van der Waals surface area contributed by atoms with Crippen LogP contribution in [-0.2, 0) is 46.3 Å². The summed E-state index contributed by atoms with van der Waals surface area (Å²) in [5, 5.41) is 31.1. The molecule has 3 unspecified atom stereocenters. The monoisotopic (exact) mass is 1020 g/mol. The SMILES string of the molecule is CC/C=C/C/C=C/C=C/C(O)CCCCCCCC(=O)OC[C@H](COP(=O)(O)OP(=O)(O)OC[C@H]1O[C@@H](n2ccc(N)nc2=O)[C@H](O)[C@@H]1O)OC(=O)CCCCCCC/C=C\CCCCCCCC. The average molecular weight is 1020 g/mol. The number of aliphatic hydroxyl groups excluding tert-OH is 3. The highest BCUT2D eigenvalue weighted by Gasteiger charge is 2.46.